The van der Waals surface area contributed by atoms with Gasteiger partial charge in [0.05, 0.1) is 5.69 Å². The summed E-state index contributed by atoms with van der Waals surface area (Å²) in [6.45, 7) is 0.366. The van der Waals surface area contributed by atoms with E-state index in [-0.39, 0.29) is 17.7 Å². The fourth-order valence-electron chi connectivity index (χ4n) is 2.19. The highest BCUT2D eigenvalue weighted by Gasteiger charge is 2.07. The number of halogens is 1. The molecule has 1 aromatic heterocycles. The lowest BCUT2D eigenvalue weighted by Gasteiger charge is -2.09. The number of hydrogen-bond donors (Lipinski definition) is 1. The van der Waals surface area contributed by atoms with E-state index in [1.54, 1.807) is 42.6 Å². The van der Waals surface area contributed by atoms with Gasteiger partial charge in [-0.25, -0.2) is 4.98 Å². The number of rotatable bonds is 7. The van der Waals surface area contributed by atoms with Crippen LogP contribution in [-0.4, -0.2) is 17.5 Å². The van der Waals surface area contributed by atoms with Crippen LogP contribution in [0, 0.1) is 0 Å². The maximum absolute atomic E-state index is 11.9. The van der Waals surface area contributed by atoms with E-state index in [9.17, 15) is 4.79 Å². The second-order valence-electron chi connectivity index (χ2n) is 5.42. The topological polar surface area (TPSA) is 60.5 Å². The summed E-state index contributed by atoms with van der Waals surface area (Å²) >= 11 is 5.90. The quantitative estimate of drug-likeness (QED) is 0.630. The van der Waals surface area contributed by atoms with Crippen molar-refractivity contribution in [2.45, 2.75) is 6.61 Å². The van der Waals surface area contributed by atoms with Crippen LogP contribution in [0.25, 0.3) is 0 Å². The largest absolute Gasteiger partial charge is 0.489 e. The minimum absolute atomic E-state index is 0.130. The molecule has 0 aliphatic carbocycles. The number of amides is 1. The van der Waals surface area contributed by atoms with E-state index in [1.807, 2.05) is 30.3 Å². The van der Waals surface area contributed by atoms with Gasteiger partial charge in [-0.15, -0.1) is 0 Å². The number of carbonyl (C=O) groups is 1. The SMILES string of the molecule is O=C(COc1ccc(OCc2ccccc2)cc1)Nc1cccnc1Cl. The molecule has 26 heavy (non-hydrogen) atoms. The molecular weight excluding hydrogens is 352 g/mol. The van der Waals surface area contributed by atoms with E-state index >= 15 is 0 Å². The Hall–Kier alpha value is -3.05. The van der Waals surface area contributed by atoms with Gasteiger partial charge in [0.2, 0.25) is 0 Å². The lowest BCUT2D eigenvalue weighted by atomic mass is 10.2. The highest BCUT2D eigenvalue weighted by Crippen LogP contribution is 2.20. The number of nitrogens with zero attached hydrogens (tertiary/aromatic N) is 1. The van der Waals surface area contributed by atoms with Gasteiger partial charge in [0.25, 0.3) is 5.91 Å². The van der Waals surface area contributed by atoms with Gasteiger partial charge < -0.3 is 14.8 Å². The van der Waals surface area contributed by atoms with Crippen molar-refractivity contribution in [3.05, 3.63) is 83.6 Å². The standard InChI is InChI=1S/C20H17ClN2O3/c21-20-18(7-4-12-22-20)23-19(24)14-26-17-10-8-16(9-11-17)25-13-15-5-2-1-3-6-15/h1-12H,13-14H2,(H,23,24). The summed E-state index contributed by atoms with van der Waals surface area (Å²) in [7, 11) is 0. The Labute approximate surface area is 156 Å². The van der Waals surface area contributed by atoms with Crippen molar-refractivity contribution >= 4 is 23.2 Å². The molecule has 6 heteroatoms. The summed E-state index contributed by atoms with van der Waals surface area (Å²) in [5, 5.41) is 2.88. The Bertz CT molecular complexity index is 854. The summed E-state index contributed by atoms with van der Waals surface area (Å²) in [6.07, 6.45) is 1.55. The molecule has 0 aliphatic heterocycles. The van der Waals surface area contributed by atoms with Crippen LogP contribution >= 0.6 is 11.6 Å². The van der Waals surface area contributed by atoms with Crippen molar-refractivity contribution in [2.24, 2.45) is 0 Å². The first-order valence-corrected chi connectivity index (χ1v) is 8.38. The zero-order valence-corrected chi connectivity index (χ0v) is 14.6. The molecule has 0 unspecified atom stereocenters. The molecule has 0 radical (unpaired) electrons. The molecule has 1 heterocycles. The van der Waals surface area contributed by atoms with E-state index in [4.69, 9.17) is 21.1 Å². The van der Waals surface area contributed by atoms with Crippen LogP contribution in [-0.2, 0) is 11.4 Å². The summed E-state index contributed by atoms with van der Waals surface area (Å²) in [6, 6.07) is 20.4. The normalized spacial score (nSPS) is 10.2. The second-order valence-corrected chi connectivity index (χ2v) is 5.78. The monoisotopic (exact) mass is 368 g/mol. The van der Waals surface area contributed by atoms with Crippen molar-refractivity contribution in [2.75, 3.05) is 11.9 Å². The van der Waals surface area contributed by atoms with E-state index in [1.165, 1.54) is 0 Å². The van der Waals surface area contributed by atoms with Crippen molar-refractivity contribution in [3.8, 4) is 11.5 Å². The Morgan fingerprint density at radius 3 is 2.31 bits per heavy atom. The molecule has 0 saturated heterocycles. The number of aromatic nitrogens is 1. The lowest BCUT2D eigenvalue weighted by molar-refractivity contribution is -0.118. The minimum Gasteiger partial charge on any atom is -0.489 e. The zero-order chi connectivity index (χ0) is 18.2. The van der Waals surface area contributed by atoms with Gasteiger partial charge in [-0.1, -0.05) is 41.9 Å². The number of hydrogen-bond acceptors (Lipinski definition) is 4. The first-order valence-electron chi connectivity index (χ1n) is 8.01. The highest BCUT2D eigenvalue weighted by molar-refractivity contribution is 6.32. The zero-order valence-electron chi connectivity index (χ0n) is 13.9. The van der Waals surface area contributed by atoms with Crippen LogP contribution in [0.5, 0.6) is 11.5 Å². The van der Waals surface area contributed by atoms with Crippen LogP contribution in [0.3, 0.4) is 0 Å². The van der Waals surface area contributed by atoms with Crippen molar-refractivity contribution in [1.29, 1.82) is 0 Å². The van der Waals surface area contributed by atoms with Crippen LogP contribution in [0.1, 0.15) is 5.56 Å². The lowest BCUT2D eigenvalue weighted by Crippen LogP contribution is -2.20. The highest BCUT2D eigenvalue weighted by atomic mass is 35.5. The Balaban J connectivity index is 1.46. The molecule has 132 valence electrons. The van der Waals surface area contributed by atoms with Gasteiger partial charge in [0.1, 0.15) is 18.1 Å². The molecule has 1 N–H and O–H groups in total. The minimum atomic E-state index is -0.315. The summed E-state index contributed by atoms with van der Waals surface area (Å²) in [5.41, 5.74) is 1.55. The van der Waals surface area contributed by atoms with E-state index in [0.717, 1.165) is 11.3 Å². The number of carbonyl (C=O) groups excluding carboxylic acids is 1. The van der Waals surface area contributed by atoms with Gasteiger partial charge >= 0.3 is 0 Å². The number of anilines is 1. The second kappa shape index (κ2) is 8.87. The maximum Gasteiger partial charge on any atom is 0.262 e. The van der Waals surface area contributed by atoms with Crippen molar-refractivity contribution < 1.29 is 14.3 Å². The Morgan fingerprint density at radius 2 is 1.62 bits per heavy atom. The summed E-state index contributed by atoms with van der Waals surface area (Å²) in [4.78, 5) is 15.8. The van der Waals surface area contributed by atoms with Gasteiger partial charge in [-0.2, -0.15) is 0 Å². The third-order valence-corrected chi connectivity index (χ3v) is 3.78. The third kappa shape index (κ3) is 5.22. The fraction of sp³-hybridized carbons (Fsp3) is 0.100. The van der Waals surface area contributed by atoms with Crippen LogP contribution in [0.4, 0.5) is 5.69 Å². The summed E-state index contributed by atoms with van der Waals surface area (Å²) < 4.78 is 11.2. The van der Waals surface area contributed by atoms with Gasteiger partial charge in [0, 0.05) is 6.20 Å². The molecule has 0 bridgehead atoms. The molecule has 0 saturated carbocycles. The van der Waals surface area contributed by atoms with Gasteiger partial charge in [-0.05, 0) is 42.0 Å². The first-order chi connectivity index (χ1) is 12.7. The smallest absolute Gasteiger partial charge is 0.262 e. The van der Waals surface area contributed by atoms with Crippen LogP contribution in [0.15, 0.2) is 72.9 Å². The predicted molar refractivity (Wildman–Crippen MR) is 101 cm³/mol. The molecule has 5 nitrogen and oxygen atoms in total. The third-order valence-electron chi connectivity index (χ3n) is 3.48. The molecule has 3 rings (SSSR count). The fourth-order valence-corrected chi connectivity index (χ4v) is 2.35. The van der Waals surface area contributed by atoms with Crippen LogP contribution < -0.4 is 14.8 Å². The predicted octanol–water partition coefficient (Wildman–Crippen LogP) is 4.33. The first kappa shape index (κ1) is 17.8. The number of nitrogens with one attached hydrogen (secondary N) is 1. The molecule has 1 amide bonds. The molecule has 0 spiro atoms. The maximum atomic E-state index is 11.9. The molecule has 0 aliphatic rings. The molecular formula is C20H17ClN2O3. The Morgan fingerprint density at radius 1 is 0.923 bits per heavy atom. The van der Waals surface area contributed by atoms with Gasteiger partial charge in [0.15, 0.2) is 11.8 Å². The average molecular weight is 369 g/mol. The molecule has 0 atom stereocenters. The van der Waals surface area contributed by atoms with Crippen molar-refractivity contribution in [1.82, 2.24) is 4.98 Å². The number of benzene rings is 2. The number of pyridine rings is 1. The average Bonchev–Trinajstić information content (AvgIpc) is 2.68. The van der Waals surface area contributed by atoms with E-state index in [0.29, 0.717) is 18.0 Å². The molecule has 3 aromatic rings. The molecule has 0 fully saturated rings. The summed E-state index contributed by atoms with van der Waals surface area (Å²) in [5.74, 6) is 0.988. The van der Waals surface area contributed by atoms with E-state index < -0.39 is 0 Å². The Kier molecular flexibility index (Phi) is 6.06. The van der Waals surface area contributed by atoms with Crippen LogP contribution in [0.2, 0.25) is 5.15 Å². The van der Waals surface area contributed by atoms with E-state index in [2.05, 4.69) is 10.3 Å². The molecule has 2 aromatic carbocycles. The number of ether oxygens (including phenoxy) is 2. The van der Waals surface area contributed by atoms with Gasteiger partial charge in [-0.3, -0.25) is 4.79 Å². The van der Waals surface area contributed by atoms with Crippen molar-refractivity contribution in [3.63, 3.8) is 0 Å².